The Morgan fingerprint density at radius 3 is 2.23 bits per heavy atom. The quantitative estimate of drug-likeness (QED) is 0.492. The first-order valence-electron chi connectivity index (χ1n) is 9.82. The van der Waals surface area contributed by atoms with Gasteiger partial charge in [-0.25, -0.2) is 4.68 Å². The topological polar surface area (TPSA) is 89.2 Å². The van der Waals surface area contributed by atoms with E-state index < -0.39 is 11.8 Å². The summed E-state index contributed by atoms with van der Waals surface area (Å²) in [5.74, 6) is 0.196. The van der Waals surface area contributed by atoms with Crippen LogP contribution < -0.4 is 10.9 Å². The van der Waals surface area contributed by atoms with Gasteiger partial charge < -0.3 is 4.42 Å². The van der Waals surface area contributed by atoms with Crippen molar-refractivity contribution in [2.45, 2.75) is 20.8 Å². The molecule has 0 bridgehead atoms. The number of nitrogens with zero attached hydrogens (tertiary/aromatic N) is 2. The average molecular weight is 414 g/mol. The van der Waals surface area contributed by atoms with Gasteiger partial charge in [0.05, 0.1) is 16.8 Å². The lowest BCUT2D eigenvalue weighted by atomic mass is 10.1. The monoisotopic (exact) mass is 414 g/mol. The summed E-state index contributed by atoms with van der Waals surface area (Å²) in [7, 11) is 0. The number of aryl methyl sites for hydroxylation is 3. The van der Waals surface area contributed by atoms with Gasteiger partial charge in [-0.2, -0.15) is 5.10 Å². The molecule has 2 heterocycles. The second-order valence-electron chi connectivity index (χ2n) is 7.28. The van der Waals surface area contributed by atoms with Gasteiger partial charge in [0.1, 0.15) is 17.2 Å². The summed E-state index contributed by atoms with van der Waals surface area (Å²) in [4.78, 5) is 25.4. The summed E-state index contributed by atoms with van der Waals surface area (Å²) in [6, 6.07) is 18.9. The fourth-order valence-electron chi connectivity index (χ4n) is 3.36. The second kappa shape index (κ2) is 8.31. The van der Waals surface area contributed by atoms with Gasteiger partial charge in [0, 0.05) is 11.8 Å². The number of benzene rings is 2. The van der Waals surface area contributed by atoms with Crippen LogP contribution >= 0.6 is 0 Å². The molecule has 0 saturated carbocycles. The number of rotatable bonds is 4. The van der Waals surface area contributed by atoms with Crippen LogP contribution in [0.3, 0.4) is 0 Å². The van der Waals surface area contributed by atoms with Gasteiger partial charge in [-0.15, -0.1) is 0 Å². The molecular formula is C24H22N4O3. The molecule has 0 unspecified atom stereocenters. The van der Waals surface area contributed by atoms with Gasteiger partial charge in [0.2, 0.25) is 0 Å². The van der Waals surface area contributed by atoms with E-state index in [-0.39, 0.29) is 0 Å². The standard InChI is InChI=1S/C24H22N4O3/c1-15-8-7-9-18(12-15)22-21(14-28(27-22)19-10-5-4-6-11-19)24(30)26-25-23(29)20-13-16(2)31-17(20)3/h4-14H,1-3H3,(H,25,29)(H,26,30). The Hall–Kier alpha value is -4.13. The maximum absolute atomic E-state index is 13.0. The van der Waals surface area contributed by atoms with Crippen LogP contribution in [0, 0.1) is 20.8 Å². The summed E-state index contributed by atoms with van der Waals surface area (Å²) in [5.41, 5.74) is 8.87. The normalized spacial score (nSPS) is 10.7. The second-order valence-corrected chi connectivity index (χ2v) is 7.28. The number of carbonyl (C=O) groups excluding carboxylic acids is 2. The molecule has 7 heteroatoms. The number of hydrazine groups is 1. The highest BCUT2D eigenvalue weighted by molar-refractivity contribution is 6.02. The fraction of sp³-hybridized carbons (Fsp3) is 0.125. The Balaban J connectivity index is 1.64. The summed E-state index contributed by atoms with van der Waals surface area (Å²) < 4.78 is 7.03. The minimum Gasteiger partial charge on any atom is -0.466 e. The van der Waals surface area contributed by atoms with Crippen LogP contribution in [-0.2, 0) is 0 Å². The minimum atomic E-state index is -0.468. The number of aromatic nitrogens is 2. The summed E-state index contributed by atoms with van der Waals surface area (Å²) >= 11 is 0. The maximum Gasteiger partial charge on any atom is 0.273 e. The van der Waals surface area contributed by atoms with Gasteiger partial charge in [-0.05, 0) is 45.0 Å². The van der Waals surface area contributed by atoms with Gasteiger partial charge in [-0.3, -0.25) is 20.4 Å². The lowest BCUT2D eigenvalue weighted by Gasteiger charge is -2.07. The molecule has 0 aliphatic carbocycles. The Morgan fingerprint density at radius 1 is 0.871 bits per heavy atom. The van der Waals surface area contributed by atoms with E-state index in [0.29, 0.717) is 28.3 Å². The molecule has 0 atom stereocenters. The Bertz CT molecular complexity index is 1260. The number of amides is 2. The molecule has 2 aromatic carbocycles. The minimum absolute atomic E-state index is 0.342. The van der Waals surface area contributed by atoms with Crippen molar-refractivity contribution in [3.8, 4) is 16.9 Å². The van der Waals surface area contributed by atoms with E-state index in [1.165, 1.54) is 0 Å². The van der Waals surface area contributed by atoms with Gasteiger partial charge >= 0.3 is 0 Å². The van der Waals surface area contributed by atoms with Crippen molar-refractivity contribution < 1.29 is 14.0 Å². The number of para-hydroxylation sites is 1. The Morgan fingerprint density at radius 2 is 1.58 bits per heavy atom. The third-order valence-electron chi connectivity index (χ3n) is 4.85. The number of nitrogens with one attached hydrogen (secondary N) is 2. The van der Waals surface area contributed by atoms with Crippen molar-refractivity contribution in [2.75, 3.05) is 0 Å². The Labute approximate surface area is 179 Å². The van der Waals surface area contributed by atoms with Crippen molar-refractivity contribution in [1.29, 1.82) is 0 Å². The van der Waals surface area contributed by atoms with Crippen molar-refractivity contribution in [3.63, 3.8) is 0 Å². The molecule has 2 amide bonds. The van der Waals surface area contributed by atoms with Crippen LogP contribution in [0.25, 0.3) is 16.9 Å². The molecule has 0 aliphatic heterocycles. The van der Waals surface area contributed by atoms with Crippen LogP contribution in [0.2, 0.25) is 0 Å². The van der Waals surface area contributed by atoms with E-state index in [1.54, 1.807) is 30.8 Å². The van der Waals surface area contributed by atoms with E-state index in [2.05, 4.69) is 16.0 Å². The van der Waals surface area contributed by atoms with Gasteiger partial charge in [0.25, 0.3) is 11.8 Å². The molecule has 0 aliphatic rings. The molecule has 0 radical (unpaired) electrons. The molecule has 7 nitrogen and oxygen atoms in total. The summed E-state index contributed by atoms with van der Waals surface area (Å²) in [5, 5.41) is 4.64. The first-order chi connectivity index (χ1) is 14.9. The Kier molecular flexibility index (Phi) is 5.41. The number of hydrogen-bond donors (Lipinski definition) is 2. The fourth-order valence-corrected chi connectivity index (χ4v) is 3.36. The highest BCUT2D eigenvalue weighted by Gasteiger charge is 2.20. The maximum atomic E-state index is 13.0. The molecule has 2 aromatic heterocycles. The van der Waals surface area contributed by atoms with Gasteiger partial charge in [0.15, 0.2) is 0 Å². The molecule has 0 saturated heterocycles. The summed E-state index contributed by atoms with van der Waals surface area (Å²) in [6.45, 7) is 5.44. The zero-order chi connectivity index (χ0) is 22.0. The zero-order valence-electron chi connectivity index (χ0n) is 17.5. The predicted molar refractivity (Wildman–Crippen MR) is 117 cm³/mol. The number of hydrogen-bond acceptors (Lipinski definition) is 4. The number of furan rings is 1. The highest BCUT2D eigenvalue weighted by Crippen LogP contribution is 2.24. The molecule has 4 aromatic rings. The average Bonchev–Trinajstić information content (AvgIpc) is 3.36. The van der Waals surface area contributed by atoms with Crippen LogP contribution in [0.5, 0.6) is 0 Å². The third-order valence-corrected chi connectivity index (χ3v) is 4.85. The molecular weight excluding hydrogens is 392 g/mol. The van der Waals surface area contributed by atoms with Crippen molar-refractivity contribution >= 4 is 11.8 Å². The molecule has 4 rings (SSSR count). The van der Waals surface area contributed by atoms with E-state index in [4.69, 9.17) is 4.42 Å². The van der Waals surface area contributed by atoms with Crippen LogP contribution in [-0.4, -0.2) is 21.6 Å². The molecule has 0 spiro atoms. The summed E-state index contributed by atoms with van der Waals surface area (Å²) in [6.07, 6.45) is 1.65. The van der Waals surface area contributed by atoms with Crippen LogP contribution in [0.15, 0.2) is 71.3 Å². The molecule has 156 valence electrons. The third kappa shape index (κ3) is 4.25. The first kappa shape index (κ1) is 20.2. The zero-order valence-corrected chi connectivity index (χ0v) is 17.5. The molecule has 2 N–H and O–H groups in total. The van der Waals surface area contributed by atoms with Crippen molar-refractivity contribution in [3.05, 3.63) is 95.1 Å². The van der Waals surface area contributed by atoms with E-state index in [9.17, 15) is 9.59 Å². The van der Waals surface area contributed by atoms with Gasteiger partial charge in [-0.1, -0.05) is 42.0 Å². The number of carbonyl (C=O) groups is 2. The van der Waals surface area contributed by atoms with Crippen molar-refractivity contribution in [2.24, 2.45) is 0 Å². The SMILES string of the molecule is Cc1cccc(-c2nn(-c3ccccc3)cc2C(=O)NNC(=O)c2cc(C)oc2C)c1. The van der Waals surface area contributed by atoms with E-state index >= 15 is 0 Å². The predicted octanol–water partition coefficient (Wildman–Crippen LogP) is 4.13. The lowest BCUT2D eigenvalue weighted by molar-refractivity contribution is 0.0846. The lowest BCUT2D eigenvalue weighted by Crippen LogP contribution is -2.41. The highest BCUT2D eigenvalue weighted by atomic mass is 16.3. The van der Waals surface area contributed by atoms with Crippen molar-refractivity contribution in [1.82, 2.24) is 20.6 Å². The largest absolute Gasteiger partial charge is 0.466 e. The molecule has 0 fully saturated rings. The first-order valence-corrected chi connectivity index (χ1v) is 9.82. The smallest absolute Gasteiger partial charge is 0.273 e. The van der Waals surface area contributed by atoms with E-state index in [1.807, 2.05) is 61.5 Å². The van der Waals surface area contributed by atoms with Crippen LogP contribution in [0.4, 0.5) is 0 Å². The molecule has 31 heavy (non-hydrogen) atoms. The van der Waals surface area contributed by atoms with E-state index in [0.717, 1.165) is 16.8 Å². The van der Waals surface area contributed by atoms with Crippen LogP contribution in [0.1, 0.15) is 37.8 Å².